The first-order valence-corrected chi connectivity index (χ1v) is 6.89. The van der Waals surface area contributed by atoms with E-state index < -0.39 is 0 Å². The Kier molecular flexibility index (Phi) is 6.10. The van der Waals surface area contributed by atoms with Crippen LogP contribution in [-0.2, 0) is 0 Å². The molecule has 0 aromatic rings. The summed E-state index contributed by atoms with van der Waals surface area (Å²) in [6, 6.07) is 0.410. The minimum Gasteiger partial charge on any atom is -0.360 e. The van der Waals surface area contributed by atoms with Crippen LogP contribution >= 0.6 is 12.2 Å². The van der Waals surface area contributed by atoms with E-state index >= 15 is 0 Å². The van der Waals surface area contributed by atoms with Gasteiger partial charge in [-0.3, -0.25) is 0 Å². The number of nitrogens with one attached hydrogen (secondary N) is 1. The molecule has 1 rings (SSSR count). The Labute approximate surface area is 106 Å². The summed E-state index contributed by atoms with van der Waals surface area (Å²) in [5, 5.41) is 4.17. The molecule has 1 saturated carbocycles. The highest BCUT2D eigenvalue weighted by molar-refractivity contribution is 7.80. The molecule has 0 amide bonds. The summed E-state index contributed by atoms with van der Waals surface area (Å²) in [6.07, 6.45) is 6.91. The van der Waals surface area contributed by atoms with Crippen LogP contribution in [0.5, 0.6) is 0 Å². The van der Waals surface area contributed by atoms with Gasteiger partial charge in [0.15, 0.2) is 5.11 Å². The average Bonchev–Trinajstić information content (AvgIpc) is 2.26. The maximum absolute atomic E-state index is 5.39. The number of thiocarbonyl (C=S) groups is 1. The van der Waals surface area contributed by atoms with Crippen molar-refractivity contribution in [2.75, 3.05) is 13.1 Å². The largest absolute Gasteiger partial charge is 0.360 e. The quantitative estimate of drug-likeness (QED) is 0.762. The van der Waals surface area contributed by atoms with Crippen molar-refractivity contribution >= 4 is 17.3 Å². The highest BCUT2D eigenvalue weighted by Crippen LogP contribution is 2.24. The van der Waals surface area contributed by atoms with E-state index in [1.165, 1.54) is 32.1 Å². The second kappa shape index (κ2) is 7.10. The molecule has 16 heavy (non-hydrogen) atoms. The summed E-state index contributed by atoms with van der Waals surface area (Å²) in [7, 11) is 0. The topological polar surface area (TPSA) is 15.3 Å². The Hall–Kier alpha value is -0.310. The Morgan fingerprint density at radius 2 is 2.00 bits per heavy atom. The van der Waals surface area contributed by atoms with Crippen LogP contribution in [0.4, 0.5) is 0 Å². The first kappa shape index (κ1) is 13.8. The lowest BCUT2D eigenvalue weighted by atomic mass is 9.89. The molecule has 0 atom stereocenters. The first-order chi connectivity index (χ1) is 7.63. The maximum atomic E-state index is 5.39. The van der Waals surface area contributed by atoms with Crippen molar-refractivity contribution in [3.63, 3.8) is 0 Å². The minimum absolute atomic E-state index is 0.410. The summed E-state index contributed by atoms with van der Waals surface area (Å²) in [6.45, 7) is 10.1. The molecule has 1 radical (unpaired) electrons. The first-order valence-electron chi connectivity index (χ1n) is 6.48. The van der Waals surface area contributed by atoms with Crippen molar-refractivity contribution in [2.24, 2.45) is 5.92 Å². The molecule has 0 aromatic carbocycles. The molecular formula is C13H25N2S. The van der Waals surface area contributed by atoms with E-state index in [-0.39, 0.29) is 0 Å². The molecule has 1 aliphatic carbocycles. The van der Waals surface area contributed by atoms with Gasteiger partial charge in [-0.05, 0) is 51.7 Å². The zero-order valence-corrected chi connectivity index (χ0v) is 11.5. The Morgan fingerprint density at radius 3 is 2.50 bits per heavy atom. The fourth-order valence-corrected chi connectivity index (χ4v) is 2.70. The summed E-state index contributed by atoms with van der Waals surface area (Å²) in [5.74, 6) is 0.822. The molecule has 93 valence electrons. The standard InChI is InChI=1S/C13H25N2S/c1-4-15(13(16)14-11(2)3)10-12-8-6-5-7-9-12/h11-12H,1,4-10H2,2-3H3,(H,14,16). The predicted molar refractivity (Wildman–Crippen MR) is 74.4 cm³/mol. The van der Waals surface area contributed by atoms with Gasteiger partial charge >= 0.3 is 0 Å². The molecule has 0 spiro atoms. The molecule has 2 nitrogen and oxygen atoms in total. The molecule has 3 heteroatoms. The average molecular weight is 241 g/mol. The molecule has 0 heterocycles. The van der Waals surface area contributed by atoms with Crippen molar-refractivity contribution in [1.82, 2.24) is 10.2 Å². The summed E-state index contributed by atoms with van der Waals surface area (Å²) >= 11 is 5.39. The second-order valence-corrected chi connectivity index (χ2v) is 5.44. The van der Waals surface area contributed by atoms with Crippen LogP contribution < -0.4 is 5.32 Å². The molecule has 1 fully saturated rings. The molecule has 0 aliphatic heterocycles. The van der Waals surface area contributed by atoms with Crippen LogP contribution in [0.3, 0.4) is 0 Å². The Morgan fingerprint density at radius 1 is 1.38 bits per heavy atom. The number of hydrogen-bond acceptors (Lipinski definition) is 1. The van der Waals surface area contributed by atoms with Crippen LogP contribution in [0.1, 0.15) is 46.0 Å². The number of rotatable bonds is 4. The van der Waals surface area contributed by atoms with Crippen molar-refractivity contribution in [3.05, 3.63) is 6.92 Å². The van der Waals surface area contributed by atoms with Crippen LogP contribution in [-0.4, -0.2) is 29.1 Å². The van der Waals surface area contributed by atoms with E-state index in [2.05, 4.69) is 31.0 Å². The lowest BCUT2D eigenvalue weighted by Crippen LogP contribution is -2.44. The van der Waals surface area contributed by atoms with Gasteiger partial charge in [0.25, 0.3) is 0 Å². The Bertz CT molecular complexity index is 210. The third-order valence-electron chi connectivity index (χ3n) is 3.17. The van der Waals surface area contributed by atoms with Gasteiger partial charge in [0.2, 0.25) is 0 Å². The summed E-state index contributed by atoms with van der Waals surface area (Å²) in [4.78, 5) is 2.21. The van der Waals surface area contributed by atoms with Gasteiger partial charge in [0.05, 0.1) is 0 Å². The van der Waals surface area contributed by atoms with Crippen LogP contribution in [0, 0.1) is 12.8 Å². The van der Waals surface area contributed by atoms with E-state index in [9.17, 15) is 0 Å². The second-order valence-electron chi connectivity index (χ2n) is 5.05. The van der Waals surface area contributed by atoms with Crippen molar-refractivity contribution < 1.29 is 0 Å². The van der Waals surface area contributed by atoms with E-state index in [1.807, 2.05) is 0 Å². The maximum Gasteiger partial charge on any atom is 0.169 e. The third-order valence-corrected chi connectivity index (χ3v) is 3.55. The molecular weight excluding hydrogens is 216 g/mol. The minimum atomic E-state index is 0.410. The van der Waals surface area contributed by atoms with Gasteiger partial charge in [-0.25, -0.2) is 0 Å². The van der Waals surface area contributed by atoms with Crippen LogP contribution in [0.2, 0.25) is 0 Å². The van der Waals surface area contributed by atoms with E-state index in [1.54, 1.807) is 0 Å². The molecule has 0 saturated heterocycles. The van der Waals surface area contributed by atoms with Gasteiger partial charge in [-0.2, -0.15) is 0 Å². The van der Waals surface area contributed by atoms with Gasteiger partial charge in [-0.15, -0.1) is 0 Å². The van der Waals surface area contributed by atoms with Crippen molar-refractivity contribution in [2.45, 2.75) is 52.0 Å². The lowest BCUT2D eigenvalue weighted by molar-refractivity contribution is 0.282. The van der Waals surface area contributed by atoms with Crippen LogP contribution in [0.15, 0.2) is 0 Å². The number of nitrogens with zero attached hydrogens (tertiary/aromatic N) is 1. The highest BCUT2D eigenvalue weighted by Gasteiger charge is 2.18. The van der Waals surface area contributed by atoms with Crippen LogP contribution in [0.25, 0.3) is 0 Å². The highest BCUT2D eigenvalue weighted by atomic mass is 32.1. The summed E-state index contributed by atoms with van der Waals surface area (Å²) < 4.78 is 0. The van der Waals surface area contributed by atoms with E-state index in [4.69, 9.17) is 12.2 Å². The lowest BCUT2D eigenvalue weighted by Gasteiger charge is -2.31. The SMILES string of the molecule is [CH2]CN(CC1CCCCC1)C(=S)NC(C)C. The zero-order valence-electron chi connectivity index (χ0n) is 10.7. The summed E-state index contributed by atoms with van der Waals surface area (Å²) in [5.41, 5.74) is 0. The molecule has 0 unspecified atom stereocenters. The van der Waals surface area contributed by atoms with E-state index in [0.717, 1.165) is 24.1 Å². The third kappa shape index (κ3) is 4.69. The fraction of sp³-hybridized carbons (Fsp3) is 0.846. The monoisotopic (exact) mass is 241 g/mol. The van der Waals surface area contributed by atoms with Gasteiger partial charge in [0, 0.05) is 19.1 Å². The van der Waals surface area contributed by atoms with Crippen molar-refractivity contribution in [3.8, 4) is 0 Å². The molecule has 0 bridgehead atoms. The van der Waals surface area contributed by atoms with Gasteiger partial charge in [-0.1, -0.05) is 19.3 Å². The van der Waals surface area contributed by atoms with Crippen molar-refractivity contribution in [1.29, 1.82) is 0 Å². The fourth-order valence-electron chi connectivity index (χ4n) is 2.30. The molecule has 0 aromatic heterocycles. The number of hydrogen-bond donors (Lipinski definition) is 1. The zero-order chi connectivity index (χ0) is 12.0. The Balaban J connectivity index is 2.37. The van der Waals surface area contributed by atoms with E-state index in [0.29, 0.717) is 6.04 Å². The normalized spacial score (nSPS) is 17.5. The van der Waals surface area contributed by atoms with Gasteiger partial charge < -0.3 is 10.2 Å². The smallest absolute Gasteiger partial charge is 0.169 e. The van der Waals surface area contributed by atoms with Gasteiger partial charge in [0.1, 0.15) is 0 Å². The molecule has 1 aliphatic rings. The molecule has 1 N–H and O–H groups in total. The predicted octanol–water partition coefficient (Wildman–Crippen LogP) is 2.99.